The van der Waals surface area contributed by atoms with Crippen LogP contribution in [0.3, 0.4) is 0 Å². The first-order valence-electron chi connectivity index (χ1n) is 8.28. The average Bonchev–Trinajstić information content (AvgIpc) is 2.96. The summed E-state index contributed by atoms with van der Waals surface area (Å²) in [4.78, 5) is 13.1. The largest absolute Gasteiger partial charge is 0.497 e. The lowest BCUT2D eigenvalue weighted by Gasteiger charge is -2.32. The fraction of sp³-hybridized carbons (Fsp3) is 0.611. The van der Waals surface area contributed by atoms with Crippen LogP contribution in [0.4, 0.5) is 0 Å². The molecule has 1 heterocycles. The first kappa shape index (κ1) is 20.0. The molecule has 1 aromatic rings. The number of aliphatic hydroxyl groups is 1. The summed E-state index contributed by atoms with van der Waals surface area (Å²) in [5.41, 5.74) is 0.610. The van der Waals surface area contributed by atoms with Gasteiger partial charge >= 0.3 is 5.97 Å². The number of hydrogen-bond acceptors (Lipinski definition) is 6. The van der Waals surface area contributed by atoms with Gasteiger partial charge in [-0.1, -0.05) is 12.1 Å². The Morgan fingerprint density at radius 1 is 1.36 bits per heavy atom. The minimum Gasteiger partial charge on any atom is -0.497 e. The van der Waals surface area contributed by atoms with E-state index in [-0.39, 0.29) is 5.25 Å². The highest BCUT2D eigenvalue weighted by Gasteiger charge is 2.41. The Hall–Kier alpha value is -1.28. The van der Waals surface area contributed by atoms with Crippen molar-refractivity contribution in [2.75, 3.05) is 13.7 Å². The molecular formula is C18H27NO5S. The second-order valence-electron chi connectivity index (χ2n) is 7.12. The molecule has 0 saturated carbocycles. The fourth-order valence-corrected chi connectivity index (χ4v) is 3.97. The topological polar surface area (TPSA) is 79.2 Å². The summed E-state index contributed by atoms with van der Waals surface area (Å²) in [6, 6.07) is 7.11. The fourth-order valence-electron chi connectivity index (χ4n) is 2.75. The molecule has 1 unspecified atom stereocenters. The van der Waals surface area contributed by atoms with E-state index in [9.17, 15) is 15.0 Å². The molecule has 1 aromatic carbocycles. The average molecular weight is 369 g/mol. The number of ether oxygens (including phenoxy) is 2. The van der Waals surface area contributed by atoms with Gasteiger partial charge in [0, 0.05) is 17.5 Å². The van der Waals surface area contributed by atoms with Gasteiger partial charge in [-0.3, -0.25) is 4.79 Å². The van der Waals surface area contributed by atoms with Gasteiger partial charge < -0.3 is 19.7 Å². The normalized spacial score (nSPS) is 22.8. The molecule has 1 aliphatic rings. The summed E-state index contributed by atoms with van der Waals surface area (Å²) < 4.78 is 10.7. The van der Waals surface area contributed by atoms with Crippen molar-refractivity contribution >= 4 is 17.7 Å². The molecule has 6 nitrogen and oxygen atoms in total. The summed E-state index contributed by atoms with van der Waals surface area (Å²) in [6.07, 6.45) is -0.728. The van der Waals surface area contributed by atoms with Crippen molar-refractivity contribution in [2.45, 2.75) is 56.3 Å². The lowest BCUT2D eigenvalue weighted by atomic mass is 10.2. The maximum atomic E-state index is 11.5. The smallest absolute Gasteiger partial charge is 0.321 e. The molecular weight excluding hydrogens is 342 g/mol. The molecule has 1 saturated heterocycles. The van der Waals surface area contributed by atoms with Crippen molar-refractivity contribution < 1.29 is 24.5 Å². The summed E-state index contributed by atoms with van der Waals surface area (Å²) in [5, 5.41) is 19.9. The van der Waals surface area contributed by atoms with Gasteiger partial charge in [-0.25, -0.2) is 4.90 Å². The molecule has 1 aliphatic heterocycles. The van der Waals surface area contributed by atoms with E-state index in [1.165, 1.54) is 4.90 Å². The zero-order chi connectivity index (χ0) is 18.6. The van der Waals surface area contributed by atoms with E-state index in [4.69, 9.17) is 9.47 Å². The molecule has 25 heavy (non-hydrogen) atoms. The van der Waals surface area contributed by atoms with Crippen LogP contribution in [-0.4, -0.2) is 58.0 Å². The van der Waals surface area contributed by atoms with E-state index < -0.39 is 24.0 Å². The van der Waals surface area contributed by atoms with Crippen LogP contribution in [0.2, 0.25) is 0 Å². The maximum absolute atomic E-state index is 11.5. The van der Waals surface area contributed by atoms with E-state index in [1.807, 2.05) is 45.0 Å². The number of thioether (sulfide) groups is 1. The minimum absolute atomic E-state index is 0.126. The molecule has 0 amide bonds. The first-order valence-corrected chi connectivity index (χ1v) is 9.33. The highest BCUT2D eigenvalue weighted by Crippen LogP contribution is 2.32. The van der Waals surface area contributed by atoms with Gasteiger partial charge in [0.1, 0.15) is 11.8 Å². The number of benzene rings is 1. The van der Waals surface area contributed by atoms with E-state index >= 15 is 0 Å². The number of likely N-dealkylation sites (tertiary alicyclic amines) is 1. The quantitative estimate of drug-likeness (QED) is 0.715. The van der Waals surface area contributed by atoms with Crippen molar-refractivity contribution in [1.82, 2.24) is 4.90 Å². The first-order chi connectivity index (χ1) is 11.7. The van der Waals surface area contributed by atoms with Crippen molar-refractivity contribution in [3.63, 3.8) is 0 Å². The van der Waals surface area contributed by atoms with Crippen LogP contribution >= 0.6 is 11.8 Å². The van der Waals surface area contributed by atoms with E-state index in [0.29, 0.717) is 13.0 Å². The number of carboxylic acids is 1. The SMILES string of the molecule is COc1ccc(CS[C@@H]2C[C@@H](C(=O)O)N(C(O)OC(C)(C)C)C2)cc1. The Balaban J connectivity index is 1.95. The number of methoxy groups -OCH3 is 1. The third-order valence-corrected chi connectivity index (χ3v) is 5.29. The van der Waals surface area contributed by atoms with Crippen molar-refractivity contribution in [2.24, 2.45) is 0 Å². The monoisotopic (exact) mass is 369 g/mol. The Labute approximate surface area is 153 Å². The zero-order valence-corrected chi connectivity index (χ0v) is 16.0. The summed E-state index contributed by atoms with van der Waals surface area (Å²) in [6.45, 7) is 5.98. The Morgan fingerprint density at radius 2 is 2.00 bits per heavy atom. The predicted molar refractivity (Wildman–Crippen MR) is 97.7 cm³/mol. The maximum Gasteiger partial charge on any atom is 0.321 e. The summed E-state index contributed by atoms with van der Waals surface area (Å²) in [7, 11) is 1.63. The third kappa shape index (κ3) is 5.88. The molecule has 0 aliphatic carbocycles. The van der Waals surface area contributed by atoms with Gasteiger partial charge in [0.15, 0.2) is 0 Å². The van der Waals surface area contributed by atoms with Gasteiger partial charge in [-0.15, -0.1) is 0 Å². The van der Waals surface area contributed by atoms with Gasteiger partial charge in [0.25, 0.3) is 0 Å². The lowest BCUT2D eigenvalue weighted by Crippen LogP contribution is -2.47. The predicted octanol–water partition coefficient (Wildman–Crippen LogP) is 2.55. The molecule has 0 aromatic heterocycles. The summed E-state index contributed by atoms with van der Waals surface area (Å²) in [5.74, 6) is 0.670. The number of aliphatic hydroxyl groups excluding tert-OH is 1. The highest BCUT2D eigenvalue weighted by atomic mass is 32.2. The minimum atomic E-state index is -1.22. The highest BCUT2D eigenvalue weighted by molar-refractivity contribution is 7.99. The number of rotatable bonds is 7. The van der Waals surface area contributed by atoms with Crippen LogP contribution in [0.15, 0.2) is 24.3 Å². The second-order valence-corrected chi connectivity index (χ2v) is 8.41. The summed E-state index contributed by atoms with van der Waals surface area (Å²) >= 11 is 1.70. The van der Waals surface area contributed by atoms with Crippen LogP contribution in [0.5, 0.6) is 5.75 Å². The van der Waals surface area contributed by atoms with Gasteiger partial charge in [0.2, 0.25) is 6.41 Å². The molecule has 140 valence electrons. The standard InChI is InChI=1S/C18H27NO5S/c1-18(2,3)24-17(22)19-10-14(9-15(19)16(20)21)25-11-12-5-7-13(23-4)8-6-12/h5-8,14-15,17,22H,9-11H2,1-4H3,(H,20,21)/t14-,15+,17?/m1/s1. The lowest BCUT2D eigenvalue weighted by molar-refractivity contribution is -0.243. The van der Waals surface area contributed by atoms with Crippen LogP contribution < -0.4 is 4.74 Å². The molecule has 0 spiro atoms. The number of carbonyl (C=O) groups is 1. The molecule has 0 radical (unpaired) electrons. The number of nitrogens with zero attached hydrogens (tertiary/aromatic N) is 1. The molecule has 0 bridgehead atoms. The van der Waals surface area contributed by atoms with Crippen LogP contribution in [-0.2, 0) is 15.3 Å². The molecule has 3 atom stereocenters. The Morgan fingerprint density at radius 3 is 2.52 bits per heavy atom. The second kappa shape index (κ2) is 8.40. The van der Waals surface area contributed by atoms with E-state index in [0.717, 1.165) is 17.1 Å². The molecule has 2 rings (SSSR count). The van der Waals surface area contributed by atoms with Crippen molar-refractivity contribution in [3.05, 3.63) is 29.8 Å². The van der Waals surface area contributed by atoms with E-state index in [1.54, 1.807) is 18.9 Å². The number of carboxylic acid groups (broad SMARTS) is 1. The zero-order valence-electron chi connectivity index (χ0n) is 15.1. The van der Waals surface area contributed by atoms with Crippen LogP contribution in [0.25, 0.3) is 0 Å². The Kier molecular flexibility index (Phi) is 6.73. The number of aliphatic carboxylic acids is 1. The molecule has 1 fully saturated rings. The van der Waals surface area contributed by atoms with E-state index in [2.05, 4.69) is 0 Å². The van der Waals surface area contributed by atoms with Crippen molar-refractivity contribution in [3.8, 4) is 5.75 Å². The van der Waals surface area contributed by atoms with Crippen LogP contribution in [0.1, 0.15) is 32.8 Å². The molecule has 7 heteroatoms. The van der Waals surface area contributed by atoms with Gasteiger partial charge in [0.05, 0.1) is 12.7 Å². The van der Waals surface area contributed by atoms with Crippen molar-refractivity contribution in [1.29, 1.82) is 0 Å². The van der Waals surface area contributed by atoms with Gasteiger partial charge in [-0.2, -0.15) is 11.8 Å². The Bertz CT molecular complexity index is 572. The van der Waals surface area contributed by atoms with Crippen LogP contribution in [0, 0.1) is 0 Å². The van der Waals surface area contributed by atoms with Gasteiger partial charge in [-0.05, 0) is 44.9 Å². The third-order valence-electron chi connectivity index (χ3n) is 3.97. The number of hydrogen-bond donors (Lipinski definition) is 2. The molecule has 2 N–H and O–H groups in total.